The lowest BCUT2D eigenvalue weighted by molar-refractivity contribution is -0.326. The van der Waals surface area contributed by atoms with Crippen LogP contribution < -0.4 is 0 Å². The molecule has 2 rings (SSSR count). The van der Waals surface area contributed by atoms with E-state index in [-0.39, 0.29) is 11.1 Å². The SMILES string of the molecule is CC(=C/C=C/C=C(C)/C=C/C=C(\C)C(=O)O)/C=C/C=C(\C)C(=O)O[C@@H]1O[C@H](CO[C@@H]2O[C@H](CO)[C@@H](O)[C@H](O)[C@H]2O)[C@@H](O)[C@H](O)[C@H]1O. The number of hydrogen-bond donors (Lipinski definition) is 8. The first kappa shape index (κ1) is 38.9. The van der Waals surface area contributed by atoms with Gasteiger partial charge in [0, 0.05) is 11.1 Å². The molecule has 0 unspecified atom stereocenters. The summed E-state index contributed by atoms with van der Waals surface area (Å²) in [6.07, 6.45) is 0.855. The highest BCUT2D eigenvalue weighted by molar-refractivity contribution is 5.88. The molecule has 2 fully saturated rings. The fourth-order valence-corrected chi connectivity index (χ4v) is 4.10. The molecule has 8 N–H and O–H groups in total. The van der Waals surface area contributed by atoms with Crippen LogP contribution in [-0.2, 0) is 28.5 Å². The van der Waals surface area contributed by atoms with E-state index in [9.17, 15) is 45.3 Å². The lowest BCUT2D eigenvalue weighted by atomic mass is 9.98. The zero-order valence-corrected chi connectivity index (χ0v) is 26.0. The third-order valence-electron chi connectivity index (χ3n) is 7.06. The third-order valence-corrected chi connectivity index (χ3v) is 7.06. The first-order chi connectivity index (χ1) is 21.7. The minimum Gasteiger partial charge on any atom is -0.478 e. The number of aliphatic hydroxyl groups excluding tert-OH is 7. The number of rotatable bonds is 13. The molecule has 0 aromatic heterocycles. The highest BCUT2D eigenvalue weighted by Gasteiger charge is 2.48. The fourth-order valence-electron chi connectivity index (χ4n) is 4.10. The number of hydrogen-bond acceptors (Lipinski definition) is 13. The van der Waals surface area contributed by atoms with E-state index < -0.39 is 86.6 Å². The van der Waals surface area contributed by atoms with Gasteiger partial charge >= 0.3 is 11.9 Å². The van der Waals surface area contributed by atoms with Crippen molar-refractivity contribution in [2.45, 2.75) is 89.1 Å². The van der Waals surface area contributed by atoms with Gasteiger partial charge in [-0.3, -0.25) is 0 Å². The van der Waals surface area contributed by atoms with Crippen LogP contribution in [0.2, 0.25) is 0 Å². The van der Waals surface area contributed by atoms with Crippen molar-refractivity contribution in [3.05, 3.63) is 83.1 Å². The molecule has 46 heavy (non-hydrogen) atoms. The lowest BCUT2D eigenvalue weighted by Gasteiger charge is -2.42. The molecule has 2 heterocycles. The smallest absolute Gasteiger partial charge is 0.336 e. The van der Waals surface area contributed by atoms with Crippen molar-refractivity contribution in [1.82, 2.24) is 0 Å². The van der Waals surface area contributed by atoms with Crippen molar-refractivity contribution in [3.63, 3.8) is 0 Å². The van der Waals surface area contributed by atoms with Gasteiger partial charge in [0.05, 0.1) is 13.2 Å². The van der Waals surface area contributed by atoms with E-state index >= 15 is 0 Å². The zero-order chi connectivity index (χ0) is 34.6. The maximum atomic E-state index is 12.6. The van der Waals surface area contributed by atoms with Crippen LogP contribution >= 0.6 is 0 Å². The van der Waals surface area contributed by atoms with Gasteiger partial charge in [0.25, 0.3) is 0 Å². The van der Waals surface area contributed by atoms with Gasteiger partial charge in [-0.2, -0.15) is 0 Å². The molecule has 0 radical (unpaired) electrons. The molecule has 2 aliphatic rings. The molecule has 14 heteroatoms. The summed E-state index contributed by atoms with van der Waals surface area (Å²) in [4.78, 5) is 23.4. The van der Waals surface area contributed by atoms with Crippen LogP contribution in [0.25, 0.3) is 0 Å². The van der Waals surface area contributed by atoms with Crippen molar-refractivity contribution >= 4 is 11.9 Å². The molecule has 10 atom stereocenters. The summed E-state index contributed by atoms with van der Waals surface area (Å²) < 4.78 is 21.3. The molecule has 2 aliphatic heterocycles. The number of carbonyl (C=O) groups is 2. The first-order valence-corrected chi connectivity index (χ1v) is 14.5. The number of allylic oxidation sites excluding steroid dienone is 12. The highest BCUT2D eigenvalue weighted by atomic mass is 16.7. The summed E-state index contributed by atoms with van der Waals surface area (Å²) >= 11 is 0. The van der Waals surface area contributed by atoms with E-state index in [1.807, 2.05) is 32.1 Å². The molecular weight excluding hydrogens is 608 g/mol. The number of carboxylic acid groups (broad SMARTS) is 1. The highest BCUT2D eigenvalue weighted by Crippen LogP contribution is 2.26. The van der Waals surface area contributed by atoms with Gasteiger partial charge in [0.2, 0.25) is 6.29 Å². The maximum Gasteiger partial charge on any atom is 0.336 e. The Bertz CT molecular complexity index is 1240. The Balaban J connectivity index is 1.94. The van der Waals surface area contributed by atoms with E-state index in [1.54, 1.807) is 30.4 Å². The largest absolute Gasteiger partial charge is 0.478 e. The number of carboxylic acids is 1. The predicted molar refractivity (Wildman–Crippen MR) is 163 cm³/mol. The molecule has 0 spiro atoms. The van der Waals surface area contributed by atoms with Gasteiger partial charge in [-0.05, 0) is 27.7 Å². The molecule has 0 amide bonds. The molecule has 14 nitrogen and oxygen atoms in total. The van der Waals surface area contributed by atoms with Gasteiger partial charge in [-0.25, -0.2) is 9.59 Å². The standard InChI is InChI=1S/C32H44O14/c1-17(11-7-13-19(3)29(40)41)9-5-6-10-18(2)12-8-14-20(4)30(42)46-32-28(39)26(37)24(35)22(45-32)16-43-31-27(38)25(36)23(34)21(15-33)44-31/h5-14,21-28,31-39H,15-16H2,1-4H3,(H,40,41)/b6-5+,11-7+,12-8+,17-9+,18-10-,19-13+,20-14+/t21-,22-,23-,24-,25+,26+,27-,28-,31-,32+/m1/s1. The van der Waals surface area contributed by atoms with Crippen molar-refractivity contribution < 1.29 is 69.4 Å². The van der Waals surface area contributed by atoms with Gasteiger partial charge in [-0.15, -0.1) is 0 Å². The summed E-state index contributed by atoms with van der Waals surface area (Å²) in [6, 6.07) is 0. The molecule has 0 aliphatic carbocycles. The average molecular weight is 653 g/mol. The first-order valence-electron chi connectivity index (χ1n) is 14.5. The number of ether oxygens (including phenoxy) is 4. The van der Waals surface area contributed by atoms with Crippen molar-refractivity contribution in [2.24, 2.45) is 0 Å². The number of carbonyl (C=O) groups excluding carboxylic acids is 1. The normalized spacial score (nSPS) is 33.7. The maximum absolute atomic E-state index is 12.6. The minimum atomic E-state index is -1.80. The van der Waals surface area contributed by atoms with E-state index in [2.05, 4.69) is 0 Å². The van der Waals surface area contributed by atoms with Crippen LogP contribution in [0.15, 0.2) is 83.1 Å². The quantitative estimate of drug-likeness (QED) is 0.0725. The topological polar surface area (TPSA) is 233 Å². The molecule has 0 aromatic carbocycles. The monoisotopic (exact) mass is 652 g/mol. The summed E-state index contributed by atoms with van der Waals surface area (Å²) in [7, 11) is 0. The van der Waals surface area contributed by atoms with Crippen molar-refractivity contribution in [3.8, 4) is 0 Å². The molecule has 2 saturated heterocycles. The molecule has 0 saturated carbocycles. The minimum absolute atomic E-state index is 0.127. The van der Waals surface area contributed by atoms with Gasteiger partial charge in [0.15, 0.2) is 6.29 Å². The summed E-state index contributed by atoms with van der Waals surface area (Å²) in [5, 5.41) is 79.1. The van der Waals surface area contributed by atoms with Crippen LogP contribution in [0.5, 0.6) is 0 Å². The summed E-state index contributed by atoms with van der Waals surface area (Å²) in [6.45, 7) is 5.43. The van der Waals surface area contributed by atoms with Gasteiger partial charge in [-0.1, -0.05) is 71.9 Å². The lowest BCUT2D eigenvalue weighted by Crippen LogP contribution is -2.61. The van der Waals surface area contributed by atoms with Crippen molar-refractivity contribution in [2.75, 3.05) is 13.2 Å². The Kier molecular flexibility index (Phi) is 15.9. The van der Waals surface area contributed by atoms with Crippen LogP contribution in [0.1, 0.15) is 27.7 Å². The Morgan fingerprint density at radius 3 is 1.63 bits per heavy atom. The van der Waals surface area contributed by atoms with Crippen molar-refractivity contribution in [1.29, 1.82) is 0 Å². The number of aliphatic carboxylic acids is 1. The second-order valence-electron chi connectivity index (χ2n) is 10.9. The Labute approximate surface area is 266 Å². The molecule has 0 bridgehead atoms. The average Bonchev–Trinajstić information content (AvgIpc) is 3.02. The van der Waals surface area contributed by atoms with Crippen LogP contribution in [0, 0.1) is 0 Å². The summed E-state index contributed by atoms with van der Waals surface area (Å²) in [5.74, 6) is -1.86. The van der Waals surface area contributed by atoms with E-state index in [0.29, 0.717) is 0 Å². The Morgan fingerprint density at radius 1 is 0.630 bits per heavy atom. The summed E-state index contributed by atoms with van der Waals surface area (Å²) in [5.41, 5.74) is 2.11. The Hall–Kier alpha value is -3.28. The second-order valence-corrected chi connectivity index (χ2v) is 10.9. The van der Waals surface area contributed by atoms with Crippen LogP contribution in [0.3, 0.4) is 0 Å². The molecule has 0 aromatic rings. The van der Waals surface area contributed by atoms with Gasteiger partial charge < -0.3 is 59.8 Å². The third kappa shape index (κ3) is 11.5. The van der Waals surface area contributed by atoms with Crippen LogP contribution in [-0.4, -0.2) is 127 Å². The molecular formula is C32H44O14. The van der Waals surface area contributed by atoms with E-state index in [0.717, 1.165) is 11.1 Å². The number of aliphatic hydroxyl groups is 7. The van der Waals surface area contributed by atoms with Gasteiger partial charge in [0.1, 0.15) is 48.8 Å². The molecule has 256 valence electrons. The second kappa shape index (κ2) is 18.8. The fraction of sp³-hybridized carbons (Fsp3) is 0.500. The van der Waals surface area contributed by atoms with E-state index in [4.69, 9.17) is 24.1 Å². The number of esters is 1. The van der Waals surface area contributed by atoms with E-state index in [1.165, 1.54) is 26.0 Å². The van der Waals surface area contributed by atoms with Crippen LogP contribution in [0.4, 0.5) is 0 Å². The zero-order valence-electron chi connectivity index (χ0n) is 26.0. The Morgan fingerprint density at radius 2 is 1.11 bits per heavy atom. The predicted octanol–water partition coefficient (Wildman–Crippen LogP) is -0.308.